The van der Waals surface area contributed by atoms with Crippen molar-refractivity contribution >= 4 is 28.6 Å². The SMILES string of the molecule is NC(=O)c1cccc(NC(=O)N2CCC(c3noc4ccc(F)cc34)CC2)c1. The number of piperidine rings is 1. The molecule has 144 valence electrons. The van der Waals surface area contributed by atoms with Crippen LogP contribution >= 0.6 is 0 Å². The van der Waals surface area contributed by atoms with Crippen LogP contribution in [0.15, 0.2) is 47.0 Å². The molecule has 3 N–H and O–H groups in total. The number of hydrogen-bond donors (Lipinski definition) is 2. The topological polar surface area (TPSA) is 101 Å². The highest BCUT2D eigenvalue weighted by Gasteiger charge is 2.27. The molecule has 2 heterocycles. The number of hydrogen-bond acceptors (Lipinski definition) is 4. The second-order valence-electron chi connectivity index (χ2n) is 6.84. The van der Waals surface area contributed by atoms with Crippen molar-refractivity contribution in [1.29, 1.82) is 0 Å². The van der Waals surface area contributed by atoms with Crippen molar-refractivity contribution in [3.8, 4) is 0 Å². The number of primary amides is 1. The number of carbonyl (C=O) groups excluding carboxylic acids is 2. The largest absolute Gasteiger partial charge is 0.366 e. The standard InChI is InChI=1S/C20H19FN4O3/c21-14-4-5-17-16(11-14)18(24-28-17)12-6-8-25(9-7-12)20(27)23-15-3-1-2-13(10-15)19(22)26/h1-5,10-12H,6-9H2,(H2,22,26)(H,23,27). The first-order chi connectivity index (χ1) is 13.5. The highest BCUT2D eigenvalue weighted by atomic mass is 19.1. The van der Waals surface area contributed by atoms with Crippen LogP contribution in [-0.2, 0) is 0 Å². The van der Waals surface area contributed by atoms with Crippen molar-refractivity contribution in [3.05, 3.63) is 59.5 Å². The maximum Gasteiger partial charge on any atom is 0.321 e. The van der Waals surface area contributed by atoms with Crippen LogP contribution in [0.25, 0.3) is 11.0 Å². The number of rotatable bonds is 3. The summed E-state index contributed by atoms with van der Waals surface area (Å²) in [6, 6.07) is 10.6. The molecule has 0 spiro atoms. The predicted octanol–water partition coefficient (Wildman–Crippen LogP) is 3.48. The number of aromatic nitrogens is 1. The van der Waals surface area contributed by atoms with Gasteiger partial charge in [0.05, 0.1) is 5.69 Å². The molecule has 1 fully saturated rings. The number of nitrogens with zero attached hydrogens (tertiary/aromatic N) is 2. The number of halogens is 1. The van der Waals surface area contributed by atoms with E-state index in [1.165, 1.54) is 12.1 Å². The maximum absolute atomic E-state index is 13.6. The van der Waals surface area contributed by atoms with Crippen LogP contribution in [0.1, 0.15) is 34.8 Å². The van der Waals surface area contributed by atoms with Gasteiger partial charge in [-0.2, -0.15) is 0 Å². The van der Waals surface area contributed by atoms with Crippen molar-refractivity contribution in [2.24, 2.45) is 5.73 Å². The molecular formula is C20H19FN4O3. The van der Waals surface area contributed by atoms with Crippen molar-refractivity contribution in [3.63, 3.8) is 0 Å². The van der Waals surface area contributed by atoms with Crippen LogP contribution in [0.5, 0.6) is 0 Å². The Labute approximate surface area is 160 Å². The minimum atomic E-state index is -0.548. The molecule has 0 saturated carbocycles. The van der Waals surface area contributed by atoms with Crippen LogP contribution in [0.3, 0.4) is 0 Å². The smallest absolute Gasteiger partial charge is 0.321 e. The van der Waals surface area contributed by atoms with E-state index < -0.39 is 5.91 Å². The first-order valence-electron chi connectivity index (χ1n) is 9.02. The lowest BCUT2D eigenvalue weighted by Gasteiger charge is -2.31. The normalized spacial score (nSPS) is 15.0. The number of anilines is 1. The molecule has 4 rings (SSSR count). The number of carbonyl (C=O) groups is 2. The van der Waals surface area contributed by atoms with E-state index in [0.29, 0.717) is 48.2 Å². The quantitative estimate of drug-likeness (QED) is 0.724. The first-order valence-corrected chi connectivity index (χ1v) is 9.02. The van der Waals surface area contributed by atoms with E-state index in [-0.39, 0.29) is 17.8 Å². The monoisotopic (exact) mass is 382 g/mol. The molecule has 3 amide bonds. The number of likely N-dealkylation sites (tertiary alicyclic amines) is 1. The summed E-state index contributed by atoms with van der Waals surface area (Å²) in [4.78, 5) is 25.5. The molecule has 0 unspecified atom stereocenters. The molecule has 3 aromatic rings. The summed E-state index contributed by atoms with van der Waals surface area (Å²) in [6.45, 7) is 1.07. The summed E-state index contributed by atoms with van der Waals surface area (Å²) in [5.74, 6) is -0.773. The molecule has 28 heavy (non-hydrogen) atoms. The van der Waals surface area contributed by atoms with Gasteiger partial charge in [0.15, 0.2) is 5.58 Å². The fraction of sp³-hybridized carbons (Fsp3) is 0.250. The predicted molar refractivity (Wildman–Crippen MR) is 101 cm³/mol. The summed E-state index contributed by atoms with van der Waals surface area (Å²) in [6.07, 6.45) is 1.40. The molecular weight excluding hydrogens is 363 g/mol. The van der Waals surface area contributed by atoms with E-state index in [9.17, 15) is 14.0 Å². The molecule has 8 heteroatoms. The number of benzene rings is 2. The molecule has 2 aromatic carbocycles. The molecule has 0 radical (unpaired) electrons. The molecule has 0 atom stereocenters. The van der Waals surface area contributed by atoms with Gasteiger partial charge in [-0.05, 0) is 49.2 Å². The zero-order valence-corrected chi connectivity index (χ0v) is 15.0. The van der Waals surface area contributed by atoms with Crippen LogP contribution in [-0.4, -0.2) is 35.1 Å². The number of amides is 3. The van der Waals surface area contributed by atoms with Gasteiger partial charge in [0.1, 0.15) is 5.82 Å². The van der Waals surface area contributed by atoms with Crippen LogP contribution < -0.4 is 11.1 Å². The Bertz CT molecular complexity index is 1040. The second-order valence-corrected chi connectivity index (χ2v) is 6.84. The van der Waals surface area contributed by atoms with Gasteiger partial charge in [0.2, 0.25) is 5.91 Å². The highest BCUT2D eigenvalue weighted by Crippen LogP contribution is 2.33. The lowest BCUT2D eigenvalue weighted by atomic mass is 9.92. The Balaban J connectivity index is 1.41. The van der Waals surface area contributed by atoms with Crippen molar-refractivity contribution in [2.45, 2.75) is 18.8 Å². The maximum atomic E-state index is 13.6. The molecule has 0 aliphatic carbocycles. The fourth-order valence-electron chi connectivity index (χ4n) is 3.53. The Morgan fingerprint density at radius 3 is 2.71 bits per heavy atom. The van der Waals surface area contributed by atoms with Crippen LogP contribution in [0.2, 0.25) is 0 Å². The zero-order valence-electron chi connectivity index (χ0n) is 15.0. The second kappa shape index (κ2) is 7.30. The van der Waals surface area contributed by atoms with Gasteiger partial charge >= 0.3 is 6.03 Å². The number of nitrogens with two attached hydrogens (primary N) is 1. The Morgan fingerprint density at radius 2 is 1.96 bits per heavy atom. The molecule has 1 aromatic heterocycles. The van der Waals surface area contributed by atoms with E-state index in [4.69, 9.17) is 10.3 Å². The minimum Gasteiger partial charge on any atom is -0.366 e. The van der Waals surface area contributed by atoms with Gasteiger partial charge in [0, 0.05) is 35.6 Å². The Morgan fingerprint density at radius 1 is 1.18 bits per heavy atom. The summed E-state index contributed by atoms with van der Waals surface area (Å²) < 4.78 is 18.8. The molecule has 0 bridgehead atoms. The number of urea groups is 1. The van der Waals surface area contributed by atoms with Gasteiger partial charge in [-0.15, -0.1) is 0 Å². The van der Waals surface area contributed by atoms with Crippen molar-refractivity contribution in [1.82, 2.24) is 10.1 Å². The average Bonchev–Trinajstić information content (AvgIpc) is 3.11. The van der Waals surface area contributed by atoms with E-state index in [1.807, 2.05) is 0 Å². The van der Waals surface area contributed by atoms with Crippen molar-refractivity contribution < 1.29 is 18.5 Å². The van der Waals surface area contributed by atoms with Gasteiger partial charge in [0.25, 0.3) is 0 Å². The van der Waals surface area contributed by atoms with Gasteiger partial charge in [-0.3, -0.25) is 4.79 Å². The minimum absolute atomic E-state index is 0.102. The van der Waals surface area contributed by atoms with E-state index in [2.05, 4.69) is 10.5 Å². The zero-order chi connectivity index (χ0) is 19.7. The highest BCUT2D eigenvalue weighted by molar-refractivity contribution is 5.95. The Hall–Kier alpha value is -3.42. The van der Waals surface area contributed by atoms with Crippen LogP contribution in [0, 0.1) is 5.82 Å². The van der Waals surface area contributed by atoms with E-state index in [0.717, 1.165) is 5.69 Å². The third-order valence-corrected chi connectivity index (χ3v) is 5.03. The molecule has 7 nitrogen and oxygen atoms in total. The summed E-state index contributed by atoms with van der Waals surface area (Å²) in [7, 11) is 0. The fourth-order valence-corrected chi connectivity index (χ4v) is 3.53. The summed E-state index contributed by atoms with van der Waals surface area (Å²) in [5, 5.41) is 7.59. The van der Waals surface area contributed by atoms with Gasteiger partial charge < -0.3 is 20.5 Å². The molecule has 1 aliphatic rings. The lowest BCUT2D eigenvalue weighted by molar-refractivity contribution is 0.1000. The molecule has 1 saturated heterocycles. The Kier molecular flexibility index (Phi) is 4.68. The van der Waals surface area contributed by atoms with E-state index >= 15 is 0 Å². The van der Waals surface area contributed by atoms with Crippen LogP contribution in [0.4, 0.5) is 14.9 Å². The number of fused-ring (bicyclic) bond motifs is 1. The molecule has 1 aliphatic heterocycles. The average molecular weight is 382 g/mol. The first kappa shape index (κ1) is 18.0. The lowest BCUT2D eigenvalue weighted by Crippen LogP contribution is -2.40. The third-order valence-electron chi connectivity index (χ3n) is 5.03. The third kappa shape index (κ3) is 3.53. The summed E-state index contributed by atoms with van der Waals surface area (Å²) >= 11 is 0. The van der Waals surface area contributed by atoms with Gasteiger partial charge in [-0.1, -0.05) is 11.2 Å². The summed E-state index contributed by atoms with van der Waals surface area (Å²) in [5.41, 5.74) is 7.42. The van der Waals surface area contributed by atoms with Crippen molar-refractivity contribution in [2.75, 3.05) is 18.4 Å². The van der Waals surface area contributed by atoms with E-state index in [1.54, 1.807) is 35.2 Å². The van der Waals surface area contributed by atoms with Gasteiger partial charge in [-0.25, -0.2) is 9.18 Å². The number of nitrogens with one attached hydrogen (secondary N) is 1.